The summed E-state index contributed by atoms with van der Waals surface area (Å²) in [5.74, 6) is -0.449. The van der Waals surface area contributed by atoms with Crippen LogP contribution in [0, 0.1) is 0 Å². The molecule has 0 aliphatic heterocycles. The van der Waals surface area contributed by atoms with Gasteiger partial charge in [0.15, 0.2) is 11.3 Å². The van der Waals surface area contributed by atoms with Gasteiger partial charge in [0.2, 0.25) is 0 Å². The average molecular weight is 257 g/mol. The third kappa shape index (κ3) is 2.17. The molecule has 0 aliphatic rings. The maximum Gasteiger partial charge on any atom is 0.358 e. The van der Waals surface area contributed by atoms with Crippen molar-refractivity contribution in [2.24, 2.45) is 0 Å². The van der Waals surface area contributed by atoms with E-state index in [-0.39, 0.29) is 5.69 Å². The zero-order valence-corrected chi connectivity index (χ0v) is 10.2. The number of carbonyl (C=O) groups excluding carboxylic acids is 1. The van der Waals surface area contributed by atoms with E-state index in [1.54, 1.807) is 27.8 Å². The van der Waals surface area contributed by atoms with Crippen LogP contribution in [0.25, 0.3) is 5.65 Å². The normalized spacial score (nSPS) is 10.8. The van der Waals surface area contributed by atoms with Crippen LogP contribution in [0.15, 0.2) is 37.1 Å². The van der Waals surface area contributed by atoms with Crippen LogP contribution in [0.3, 0.4) is 0 Å². The van der Waals surface area contributed by atoms with Gasteiger partial charge in [-0.05, 0) is 12.1 Å². The van der Waals surface area contributed by atoms with E-state index in [2.05, 4.69) is 19.8 Å². The topological polar surface area (TPSA) is 74.3 Å². The highest BCUT2D eigenvalue weighted by Crippen LogP contribution is 2.06. The van der Waals surface area contributed by atoms with Crippen molar-refractivity contribution in [1.82, 2.24) is 24.1 Å². The Morgan fingerprint density at radius 1 is 1.42 bits per heavy atom. The maximum atomic E-state index is 11.3. The van der Waals surface area contributed by atoms with Crippen LogP contribution in [0.4, 0.5) is 0 Å². The van der Waals surface area contributed by atoms with Crippen LogP contribution in [0.5, 0.6) is 0 Å². The van der Waals surface area contributed by atoms with E-state index >= 15 is 0 Å². The van der Waals surface area contributed by atoms with E-state index in [4.69, 9.17) is 0 Å². The van der Waals surface area contributed by atoms with Gasteiger partial charge in [-0.3, -0.25) is 0 Å². The number of esters is 1. The molecule has 0 saturated carbocycles. The van der Waals surface area contributed by atoms with Crippen molar-refractivity contribution < 1.29 is 9.53 Å². The number of nitrogens with zero attached hydrogens (tertiary/aromatic N) is 5. The van der Waals surface area contributed by atoms with Crippen LogP contribution in [0.1, 0.15) is 16.2 Å². The summed E-state index contributed by atoms with van der Waals surface area (Å²) < 4.78 is 8.08. The minimum atomic E-state index is -0.449. The van der Waals surface area contributed by atoms with Crippen LogP contribution < -0.4 is 0 Å². The molecule has 0 aromatic carbocycles. The molecule has 0 saturated heterocycles. The molecule has 7 nitrogen and oxygen atoms in total. The van der Waals surface area contributed by atoms with E-state index < -0.39 is 5.97 Å². The molecular weight excluding hydrogens is 246 g/mol. The molecule has 3 heterocycles. The summed E-state index contributed by atoms with van der Waals surface area (Å²) in [6, 6.07) is 3.71. The molecule has 3 rings (SSSR count). The molecule has 0 aliphatic carbocycles. The lowest BCUT2D eigenvalue weighted by Gasteiger charge is -1.96. The minimum absolute atomic E-state index is 0.282. The van der Waals surface area contributed by atoms with Gasteiger partial charge < -0.3 is 9.30 Å². The Morgan fingerprint density at radius 3 is 3.11 bits per heavy atom. The van der Waals surface area contributed by atoms with E-state index in [1.807, 2.05) is 18.3 Å². The molecule has 0 amide bonds. The monoisotopic (exact) mass is 257 g/mol. The highest BCUT2D eigenvalue weighted by Gasteiger charge is 2.10. The lowest BCUT2D eigenvalue weighted by atomic mass is 10.4. The van der Waals surface area contributed by atoms with Crippen LogP contribution in [-0.2, 0) is 11.3 Å². The van der Waals surface area contributed by atoms with Gasteiger partial charge in [-0.1, -0.05) is 0 Å². The van der Waals surface area contributed by atoms with Crippen molar-refractivity contribution in [1.29, 1.82) is 0 Å². The fraction of sp³-hybridized carbons (Fsp3) is 0.167. The molecule has 0 spiro atoms. The zero-order valence-electron chi connectivity index (χ0n) is 10.2. The molecule has 3 aromatic rings. The Balaban J connectivity index is 1.84. The zero-order chi connectivity index (χ0) is 13.2. The second-order valence-corrected chi connectivity index (χ2v) is 3.98. The molecule has 3 aromatic heterocycles. The van der Waals surface area contributed by atoms with Crippen molar-refractivity contribution in [2.75, 3.05) is 7.11 Å². The third-order valence-corrected chi connectivity index (χ3v) is 2.66. The number of imidazole rings is 2. The molecule has 0 fully saturated rings. The van der Waals surface area contributed by atoms with Gasteiger partial charge >= 0.3 is 5.97 Å². The summed E-state index contributed by atoms with van der Waals surface area (Å²) in [6.07, 6.45) is 6.74. The van der Waals surface area contributed by atoms with Gasteiger partial charge in [0.1, 0.15) is 0 Å². The SMILES string of the molecule is COC(=O)c1cn(Cc2cn3ncccc3n2)cn1. The van der Waals surface area contributed by atoms with Crippen molar-refractivity contribution in [3.8, 4) is 0 Å². The van der Waals surface area contributed by atoms with Crippen molar-refractivity contribution in [2.45, 2.75) is 6.54 Å². The number of fused-ring (bicyclic) bond motifs is 1. The summed E-state index contributed by atoms with van der Waals surface area (Å²) in [6.45, 7) is 0.521. The molecule has 0 atom stereocenters. The second kappa shape index (κ2) is 4.52. The molecular formula is C12H11N5O2. The van der Waals surface area contributed by atoms with Crippen molar-refractivity contribution in [3.63, 3.8) is 0 Å². The lowest BCUT2D eigenvalue weighted by molar-refractivity contribution is 0.0594. The highest BCUT2D eigenvalue weighted by molar-refractivity contribution is 5.86. The van der Waals surface area contributed by atoms with E-state index in [0.717, 1.165) is 11.3 Å². The van der Waals surface area contributed by atoms with Crippen LogP contribution in [-0.4, -0.2) is 37.2 Å². The van der Waals surface area contributed by atoms with Gasteiger partial charge in [-0.2, -0.15) is 5.10 Å². The summed E-state index contributed by atoms with van der Waals surface area (Å²) in [5.41, 5.74) is 1.91. The number of methoxy groups -OCH3 is 1. The first-order valence-corrected chi connectivity index (χ1v) is 5.65. The van der Waals surface area contributed by atoms with Crippen LogP contribution in [0.2, 0.25) is 0 Å². The second-order valence-electron chi connectivity index (χ2n) is 3.98. The summed E-state index contributed by atoms with van der Waals surface area (Å²) >= 11 is 0. The number of ether oxygens (including phenoxy) is 1. The summed E-state index contributed by atoms with van der Waals surface area (Å²) in [5, 5.41) is 4.15. The summed E-state index contributed by atoms with van der Waals surface area (Å²) in [4.78, 5) is 19.7. The molecule has 0 N–H and O–H groups in total. The first-order valence-electron chi connectivity index (χ1n) is 5.65. The number of hydrogen-bond acceptors (Lipinski definition) is 5. The minimum Gasteiger partial charge on any atom is -0.464 e. The predicted molar refractivity (Wildman–Crippen MR) is 65.7 cm³/mol. The highest BCUT2D eigenvalue weighted by atomic mass is 16.5. The Labute approximate surface area is 108 Å². The van der Waals surface area contributed by atoms with E-state index in [9.17, 15) is 4.79 Å². The summed E-state index contributed by atoms with van der Waals surface area (Å²) in [7, 11) is 1.33. The molecule has 19 heavy (non-hydrogen) atoms. The van der Waals surface area contributed by atoms with Gasteiger partial charge in [0.05, 0.1) is 31.9 Å². The Bertz CT molecular complexity index is 697. The standard InChI is InChI=1S/C12H11N5O2/c1-19-12(18)10-7-16(8-13-10)5-9-6-17-11(15-9)3-2-4-14-17/h2-4,6-8H,5H2,1H3. The number of hydrogen-bond donors (Lipinski definition) is 0. The number of carbonyl (C=O) groups is 1. The predicted octanol–water partition coefficient (Wildman–Crippen LogP) is 0.761. The Hall–Kier alpha value is -2.70. The molecule has 0 radical (unpaired) electrons. The van der Waals surface area contributed by atoms with Crippen molar-refractivity contribution in [3.05, 3.63) is 48.4 Å². The molecule has 96 valence electrons. The van der Waals surface area contributed by atoms with Gasteiger partial charge in [-0.25, -0.2) is 19.3 Å². The fourth-order valence-electron chi connectivity index (χ4n) is 1.80. The quantitative estimate of drug-likeness (QED) is 0.647. The Morgan fingerprint density at radius 2 is 2.32 bits per heavy atom. The van der Waals surface area contributed by atoms with E-state index in [1.165, 1.54) is 7.11 Å². The largest absolute Gasteiger partial charge is 0.464 e. The maximum absolute atomic E-state index is 11.3. The fourth-order valence-corrected chi connectivity index (χ4v) is 1.80. The van der Waals surface area contributed by atoms with Gasteiger partial charge in [0, 0.05) is 12.4 Å². The number of rotatable bonds is 3. The van der Waals surface area contributed by atoms with Gasteiger partial charge in [-0.15, -0.1) is 0 Å². The van der Waals surface area contributed by atoms with Crippen molar-refractivity contribution >= 4 is 11.6 Å². The van der Waals surface area contributed by atoms with Gasteiger partial charge in [0.25, 0.3) is 0 Å². The molecule has 0 bridgehead atoms. The lowest BCUT2D eigenvalue weighted by Crippen LogP contribution is -2.01. The third-order valence-electron chi connectivity index (χ3n) is 2.66. The van der Waals surface area contributed by atoms with E-state index in [0.29, 0.717) is 6.54 Å². The first-order chi connectivity index (χ1) is 9.26. The molecule has 7 heteroatoms. The Kier molecular flexibility index (Phi) is 2.71. The smallest absolute Gasteiger partial charge is 0.358 e. The average Bonchev–Trinajstić information content (AvgIpc) is 3.04. The molecule has 0 unspecified atom stereocenters. The van der Waals surface area contributed by atoms with Crippen LogP contribution >= 0.6 is 0 Å². The number of aromatic nitrogens is 5. The first kappa shape index (κ1) is 11.4.